The molecular formula is C18H43AlN4. The van der Waals surface area contributed by atoms with Crippen molar-refractivity contribution in [2.45, 2.75) is 72.4 Å². The normalized spacial score (nSPS) is 13.7. The van der Waals surface area contributed by atoms with Gasteiger partial charge >= 0.3 is 14.8 Å². The molecule has 0 spiro atoms. The van der Waals surface area contributed by atoms with Crippen LogP contribution in [0.3, 0.4) is 0 Å². The van der Waals surface area contributed by atoms with Crippen molar-refractivity contribution in [1.82, 2.24) is 16.6 Å². The molecule has 0 aromatic carbocycles. The number of hydrogen-bond acceptors (Lipinski definition) is 4. The molecule has 0 rings (SSSR count). The summed E-state index contributed by atoms with van der Waals surface area (Å²) in [5.41, 5.74) is 0.473. The van der Waals surface area contributed by atoms with Gasteiger partial charge in [0.05, 0.1) is 0 Å². The maximum atomic E-state index is 2.74. The zero-order chi connectivity index (χ0) is 18.4. The summed E-state index contributed by atoms with van der Waals surface area (Å²) in [6.45, 7) is 19.9. The molecule has 0 radical (unpaired) electrons. The fourth-order valence-electron chi connectivity index (χ4n) is 2.64. The third-order valence-corrected chi connectivity index (χ3v) is 9.96. The first-order valence-electron chi connectivity index (χ1n) is 9.29. The third kappa shape index (κ3) is 6.65. The van der Waals surface area contributed by atoms with Gasteiger partial charge in [0.25, 0.3) is 0 Å². The Morgan fingerprint density at radius 3 is 1.35 bits per heavy atom. The second kappa shape index (κ2) is 9.75. The fourth-order valence-corrected chi connectivity index (χ4v) is 6.43. The average Bonchev–Trinajstić information content (AvgIpc) is 2.49. The Balaban J connectivity index is 5.59. The first kappa shape index (κ1) is 23.4. The summed E-state index contributed by atoms with van der Waals surface area (Å²) >= 11 is -1.41. The predicted octanol–water partition coefficient (Wildman–Crippen LogP) is 3.10. The zero-order valence-electron chi connectivity index (χ0n) is 17.9. The Hall–Kier alpha value is 0.372. The van der Waals surface area contributed by atoms with E-state index in [0.29, 0.717) is 0 Å². The summed E-state index contributed by atoms with van der Waals surface area (Å²) in [4.78, 5) is 2.30. The SMILES string of the molecule is CC[N](CCN(C)C)[Al]([N](C)C(C)(C)CC)[N](C)C(C)(C)CC. The summed E-state index contributed by atoms with van der Waals surface area (Å²) in [6.07, 6.45) is 2.36. The molecule has 5 heteroatoms. The van der Waals surface area contributed by atoms with Crippen molar-refractivity contribution in [3.8, 4) is 0 Å². The van der Waals surface area contributed by atoms with Gasteiger partial charge in [-0.15, -0.1) is 0 Å². The van der Waals surface area contributed by atoms with Crippen LogP contribution >= 0.6 is 0 Å². The van der Waals surface area contributed by atoms with Gasteiger partial charge in [-0.2, -0.15) is 0 Å². The lowest BCUT2D eigenvalue weighted by Crippen LogP contribution is -2.69. The van der Waals surface area contributed by atoms with Gasteiger partial charge < -0.3 is 16.6 Å². The van der Waals surface area contributed by atoms with E-state index in [9.17, 15) is 0 Å². The highest BCUT2D eigenvalue weighted by atomic mass is 27.2. The standard InChI is InChI=1S/C6H15N2.2C6H14N.Al/c1-4-7-5-6-8(2)3;2*1-5-6(2,3)7-4;/h4-6H2,1-3H3;2*5H2,1-4H3;/q3*-1;+3. The lowest BCUT2D eigenvalue weighted by molar-refractivity contribution is 0.153. The average molecular weight is 343 g/mol. The quantitative estimate of drug-likeness (QED) is 0.535. The summed E-state index contributed by atoms with van der Waals surface area (Å²) in [7, 11) is 9.04. The minimum atomic E-state index is -1.41. The summed E-state index contributed by atoms with van der Waals surface area (Å²) in [5.74, 6) is 0. The van der Waals surface area contributed by atoms with Crippen LogP contribution < -0.4 is 0 Å². The van der Waals surface area contributed by atoms with Crippen molar-refractivity contribution >= 4 is 14.8 Å². The van der Waals surface area contributed by atoms with Crippen molar-refractivity contribution < 1.29 is 0 Å². The first-order valence-corrected chi connectivity index (χ1v) is 10.8. The molecule has 0 unspecified atom stereocenters. The molecule has 0 aliphatic heterocycles. The van der Waals surface area contributed by atoms with Crippen LogP contribution in [0.4, 0.5) is 0 Å². The van der Waals surface area contributed by atoms with Crippen molar-refractivity contribution in [3.63, 3.8) is 0 Å². The van der Waals surface area contributed by atoms with Crippen molar-refractivity contribution in [2.75, 3.05) is 47.8 Å². The van der Waals surface area contributed by atoms with E-state index >= 15 is 0 Å². The van der Waals surface area contributed by atoms with E-state index < -0.39 is 14.8 Å². The van der Waals surface area contributed by atoms with E-state index in [1.807, 2.05) is 0 Å². The molecule has 4 nitrogen and oxygen atoms in total. The van der Waals surface area contributed by atoms with Crippen LogP contribution in [-0.4, -0.2) is 90.3 Å². The van der Waals surface area contributed by atoms with Crippen LogP contribution in [0.2, 0.25) is 0 Å². The van der Waals surface area contributed by atoms with Crippen LogP contribution in [0.25, 0.3) is 0 Å². The molecule has 0 saturated heterocycles. The minimum Gasteiger partial charge on any atom is -0.356 e. The fraction of sp³-hybridized carbons (Fsp3) is 1.00. The maximum absolute atomic E-state index is 2.74. The van der Waals surface area contributed by atoms with Crippen LogP contribution in [0.15, 0.2) is 0 Å². The first-order chi connectivity index (χ1) is 10.4. The van der Waals surface area contributed by atoms with Crippen LogP contribution in [0, 0.1) is 0 Å². The molecule has 0 saturated carbocycles. The Morgan fingerprint density at radius 2 is 1.09 bits per heavy atom. The Morgan fingerprint density at radius 1 is 0.696 bits per heavy atom. The van der Waals surface area contributed by atoms with E-state index in [2.05, 4.69) is 93.2 Å². The molecule has 0 atom stereocenters. The summed E-state index contributed by atoms with van der Waals surface area (Å²) < 4.78 is 8.14. The second-order valence-electron chi connectivity index (χ2n) is 8.33. The molecule has 0 N–H and O–H groups in total. The van der Waals surface area contributed by atoms with E-state index in [1.165, 1.54) is 12.8 Å². The van der Waals surface area contributed by atoms with E-state index in [1.54, 1.807) is 0 Å². The summed E-state index contributed by atoms with van der Waals surface area (Å²) in [5, 5.41) is 0. The molecule has 0 heterocycles. The summed E-state index contributed by atoms with van der Waals surface area (Å²) in [6, 6.07) is 0. The van der Waals surface area contributed by atoms with E-state index in [-0.39, 0.29) is 11.1 Å². The van der Waals surface area contributed by atoms with Gasteiger partial charge in [0, 0.05) is 6.54 Å². The van der Waals surface area contributed by atoms with Crippen LogP contribution in [-0.2, 0) is 0 Å². The highest BCUT2D eigenvalue weighted by Crippen LogP contribution is 2.26. The molecule has 0 aromatic rings. The minimum absolute atomic E-state index is 0.237. The lowest BCUT2D eigenvalue weighted by Gasteiger charge is -2.50. The third-order valence-electron chi connectivity index (χ3n) is 5.90. The van der Waals surface area contributed by atoms with E-state index in [0.717, 1.165) is 19.6 Å². The molecule has 138 valence electrons. The molecule has 0 fully saturated rings. The largest absolute Gasteiger partial charge is 0.609 e. The van der Waals surface area contributed by atoms with Gasteiger partial charge in [-0.05, 0) is 92.9 Å². The number of nitrogens with zero attached hydrogens (tertiary/aromatic N) is 4. The van der Waals surface area contributed by atoms with E-state index in [4.69, 9.17) is 0 Å². The molecule has 0 amide bonds. The molecular weight excluding hydrogens is 299 g/mol. The maximum Gasteiger partial charge on any atom is 0.609 e. The number of rotatable bonds is 11. The van der Waals surface area contributed by atoms with Crippen molar-refractivity contribution in [3.05, 3.63) is 0 Å². The lowest BCUT2D eigenvalue weighted by atomic mass is 10.0. The highest BCUT2D eigenvalue weighted by Gasteiger charge is 2.46. The number of hydrogen-bond donors (Lipinski definition) is 0. The van der Waals surface area contributed by atoms with Crippen molar-refractivity contribution in [1.29, 1.82) is 0 Å². The monoisotopic (exact) mass is 342 g/mol. The Labute approximate surface area is 151 Å². The molecule has 0 aromatic heterocycles. The second-order valence-corrected chi connectivity index (χ2v) is 11.3. The number of likely N-dealkylation sites (N-methyl/N-ethyl adjacent to an activating group) is 2. The molecule has 23 heavy (non-hydrogen) atoms. The Bertz CT molecular complexity index is 309. The predicted molar refractivity (Wildman–Crippen MR) is 106 cm³/mol. The molecule has 0 aliphatic carbocycles. The van der Waals surface area contributed by atoms with Crippen LogP contribution in [0.5, 0.6) is 0 Å². The van der Waals surface area contributed by atoms with Gasteiger partial charge in [-0.1, -0.05) is 20.8 Å². The smallest absolute Gasteiger partial charge is 0.356 e. The molecule has 0 aliphatic rings. The topological polar surface area (TPSA) is 13.0 Å². The van der Waals surface area contributed by atoms with Gasteiger partial charge in [0.2, 0.25) is 0 Å². The van der Waals surface area contributed by atoms with Crippen LogP contribution in [0.1, 0.15) is 61.3 Å². The highest BCUT2D eigenvalue weighted by molar-refractivity contribution is 6.49. The van der Waals surface area contributed by atoms with Gasteiger partial charge in [-0.25, -0.2) is 0 Å². The molecule has 0 bridgehead atoms. The van der Waals surface area contributed by atoms with Gasteiger partial charge in [0.1, 0.15) is 0 Å². The Kier molecular flexibility index (Phi) is 9.91. The van der Waals surface area contributed by atoms with Crippen molar-refractivity contribution in [2.24, 2.45) is 0 Å². The van der Waals surface area contributed by atoms with Gasteiger partial charge in [-0.3, -0.25) is 0 Å². The van der Waals surface area contributed by atoms with Gasteiger partial charge in [0.15, 0.2) is 0 Å². The zero-order valence-corrected chi connectivity index (χ0v) is 19.1.